The van der Waals surface area contributed by atoms with Crippen molar-refractivity contribution in [3.05, 3.63) is 493 Å². The SMILES string of the molecule is [Y].[Y].[Y].[Y].[Y].[Y].c1ccc([N-]c2ccc3ccccc3c2)cc1.c1ccc([N-]c2cccc3ccccc23)cc1.c1ccc([N-]c2ccccc2)cc1.c1ccc2c([N-]c3cccc4ccccc34)cccc2c1.c1ccc2cc([N-]c3ccc4ccccc4c3)ccc2c1.c1ccc2cc([N-]c3cccc4ccccc34)ccc2c1. The minimum atomic E-state index is 0. The van der Waals surface area contributed by atoms with Gasteiger partial charge in [0, 0.05) is 196 Å². The van der Waals surface area contributed by atoms with E-state index in [4.69, 9.17) is 16.0 Å². The van der Waals surface area contributed by atoms with Crippen molar-refractivity contribution in [2.45, 2.75) is 0 Å². The third kappa shape index (κ3) is 26.0. The molecule has 6 nitrogen and oxygen atoms in total. The maximum atomic E-state index is 4.90. The molecule has 546 valence electrons. The zero-order chi connectivity index (χ0) is 74.1. The summed E-state index contributed by atoms with van der Waals surface area (Å²) in [5, 5.41) is 47.7. The Bertz CT molecular complexity index is 6170. The second-order valence-corrected chi connectivity index (χ2v) is 26.1. The smallest absolute Gasteiger partial charge is 0 e. The van der Waals surface area contributed by atoms with E-state index in [9.17, 15) is 0 Å². The fourth-order valence-corrected chi connectivity index (χ4v) is 13.1. The third-order valence-corrected chi connectivity index (χ3v) is 18.5. The van der Waals surface area contributed by atoms with Gasteiger partial charge in [-0.05, 0) is 86.2 Å². The van der Waals surface area contributed by atoms with Gasteiger partial charge in [-0.2, -0.15) is 0 Å². The largest absolute Gasteiger partial charge is 0.658 e. The molecular weight excluding hydrogens is 1870 g/mol. The van der Waals surface area contributed by atoms with Gasteiger partial charge in [0.05, 0.1) is 0 Å². The van der Waals surface area contributed by atoms with Crippen LogP contribution in [0.25, 0.3) is 118 Å². The summed E-state index contributed by atoms with van der Waals surface area (Å²) in [6.45, 7) is 0. The quantitative estimate of drug-likeness (QED) is 0.117. The van der Waals surface area contributed by atoms with E-state index in [1.165, 1.54) is 86.2 Å². The zero-order valence-corrected chi connectivity index (χ0v) is 81.1. The van der Waals surface area contributed by atoms with Crippen molar-refractivity contribution in [3.63, 3.8) is 0 Å². The molecule has 0 amide bonds. The van der Waals surface area contributed by atoms with Gasteiger partial charge in [-0.3, -0.25) is 0 Å². The number of fused-ring (bicyclic) bond motifs is 8. The fraction of sp³-hybridized carbons (Fsp3) is 0. The molecule has 0 saturated carbocycles. The fourth-order valence-electron chi connectivity index (χ4n) is 13.1. The molecule has 20 rings (SSSR count). The summed E-state index contributed by atoms with van der Waals surface area (Å²) in [7, 11) is 0. The first kappa shape index (κ1) is 91.8. The average molecular weight is 1940 g/mol. The van der Waals surface area contributed by atoms with E-state index in [1.807, 2.05) is 133 Å². The normalized spacial score (nSPS) is 10.0. The molecule has 0 bridgehead atoms. The van der Waals surface area contributed by atoms with E-state index >= 15 is 0 Å². The summed E-state index contributed by atoms with van der Waals surface area (Å²) in [4.78, 5) is 0. The summed E-state index contributed by atoms with van der Waals surface area (Å²) >= 11 is 0. The molecule has 0 spiro atoms. The first-order chi connectivity index (χ1) is 54.5. The van der Waals surface area contributed by atoms with Crippen molar-refractivity contribution in [2.24, 2.45) is 0 Å². The molecule has 0 atom stereocenters. The van der Waals surface area contributed by atoms with Crippen LogP contribution in [0.5, 0.6) is 0 Å². The van der Waals surface area contributed by atoms with Gasteiger partial charge in [-0.15, -0.1) is 68.2 Å². The summed E-state index contributed by atoms with van der Waals surface area (Å²) in [5.41, 5.74) is 12.0. The minimum absolute atomic E-state index is 0. The van der Waals surface area contributed by atoms with Crippen LogP contribution in [0.3, 0.4) is 0 Å². The Morgan fingerprint density at radius 3 is 0.543 bits per heavy atom. The summed E-state index contributed by atoms with van der Waals surface area (Å²) in [6.07, 6.45) is 0. The molecule has 0 saturated heterocycles. The summed E-state index contributed by atoms with van der Waals surface area (Å²) in [5.74, 6) is 0. The maximum Gasteiger partial charge on any atom is 0 e. The van der Waals surface area contributed by atoms with E-state index in [0.717, 1.165) is 68.2 Å². The van der Waals surface area contributed by atoms with Gasteiger partial charge < -0.3 is 31.9 Å². The van der Waals surface area contributed by atoms with Crippen LogP contribution in [-0.2, 0) is 196 Å². The van der Waals surface area contributed by atoms with Crippen LogP contribution in [0.4, 0.5) is 68.2 Å². The third-order valence-electron chi connectivity index (χ3n) is 18.5. The molecule has 6 radical (unpaired) electrons. The van der Waals surface area contributed by atoms with Crippen LogP contribution in [0.15, 0.2) is 461 Å². The van der Waals surface area contributed by atoms with Gasteiger partial charge in [0.2, 0.25) is 0 Å². The van der Waals surface area contributed by atoms with Crippen molar-refractivity contribution < 1.29 is 196 Å². The molecule has 0 aromatic heterocycles. The first-order valence-corrected chi connectivity index (χ1v) is 36.9. The Kier molecular flexibility index (Phi) is 38.1. The Labute approximate surface area is 831 Å². The van der Waals surface area contributed by atoms with E-state index in [-0.39, 0.29) is 196 Å². The van der Waals surface area contributed by atoms with Crippen LogP contribution >= 0.6 is 0 Å². The van der Waals surface area contributed by atoms with Gasteiger partial charge in [-0.25, -0.2) is 0 Å². The molecule has 0 fully saturated rings. The molecule has 20 aromatic rings. The van der Waals surface area contributed by atoms with Gasteiger partial charge in [-0.1, -0.05) is 461 Å². The number of benzene rings is 20. The van der Waals surface area contributed by atoms with Gasteiger partial charge in [0.15, 0.2) is 0 Å². The molecule has 0 aliphatic rings. The summed E-state index contributed by atoms with van der Waals surface area (Å²) in [6, 6.07) is 157. The molecule has 0 aliphatic heterocycles. The predicted octanol–water partition coefficient (Wildman–Crippen LogP) is 33.4. The number of hydrogen-bond donors (Lipinski definition) is 0. The number of para-hydroxylation sites is 4. The monoisotopic (exact) mass is 1940 g/mol. The van der Waals surface area contributed by atoms with Crippen molar-refractivity contribution in [1.29, 1.82) is 0 Å². The van der Waals surface area contributed by atoms with Crippen LogP contribution in [0.2, 0.25) is 0 Å². The van der Waals surface area contributed by atoms with Crippen molar-refractivity contribution in [3.8, 4) is 0 Å². The zero-order valence-electron chi connectivity index (χ0n) is 64.0. The molecule has 0 heterocycles. The van der Waals surface area contributed by atoms with Crippen molar-refractivity contribution in [1.82, 2.24) is 0 Å². The Morgan fingerprint density at radius 1 is 0.103 bits per heavy atom. The number of rotatable bonds is 12. The van der Waals surface area contributed by atoms with E-state index in [0.29, 0.717) is 0 Å². The van der Waals surface area contributed by atoms with Crippen LogP contribution in [0, 0.1) is 0 Å². The standard InChI is InChI=1S/3C20H14N.2C16H12N.C12H10N.6Y/c1-3-11-17-15(7-1)9-5-13-19(17)21-20-14-6-10-16-8-2-4-12-18(16)20;1-3-7-17-13-19(11-9-15(17)5-1)21-20-12-10-16-6-2-4-8-18(16)14-20;1-2-8-17-14-18(13-12-15(17)6-1)21-20-11-5-9-16-7-3-4-10-19(16)20;1-2-9-14(10-3-1)17-16-12-6-8-13-7-4-5-11-15(13)16;1-2-8-15(9-3-1)17-16-11-10-13-6-4-5-7-14(13)12-16;1-3-7-11(8-4-1)13-12-9-5-2-6-10-12;;;;;;/h3*1-14H;2*1-12H;1-10H;;;;;;/q6*-1;;;;;;. The van der Waals surface area contributed by atoms with Crippen LogP contribution in [0.1, 0.15) is 0 Å². The second kappa shape index (κ2) is 48.1. The number of hydrogen-bond acceptors (Lipinski definition) is 0. The summed E-state index contributed by atoms with van der Waals surface area (Å²) < 4.78 is 0. The van der Waals surface area contributed by atoms with E-state index < -0.39 is 0 Å². The average Bonchev–Trinajstić information content (AvgIpc) is 0.790. The molecule has 0 unspecified atom stereocenters. The molecule has 12 heteroatoms. The molecule has 0 aliphatic carbocycles. The van der Waals surface area contributed by atoms with Crippen LogP contribution < -0.4 is 0 Å². The Hall–Kier alpha value is -8.10. The minimum Gasteiger partial charge on any atom is -0.658 e. The van der Waals surface area contributed by atoms with E-state index in [1.54, 1.807) is 0 Å². The maximum absolute atomic E-state index is 4.90. The van der Waals surface area contributed by atoms with Gasteiger partial charge in [0.1, 0.15) is 0 Å². The molecule has 0 N–H and O–H groups in total. The predicted molar refractivity (Wildman–Crippen MR) is 473 cm³/mol. The second-order valence-electron chi connectivity index (χ2n) is 26.1. The van der Waals surface area contributed by atoms with Crippen molar-refractivity contribution in [2.75, 3.05) is 0 Å². The Balaban J connectivity index is 0.000000158. The van der Waals surface area contributed by atoms with Crippen LogP contribution in [-0.4, -0.2) is 0 Å². The Morgan fingerprint density at radius 2 is 0.276 bits per heavy atom. The number of nitrogens with zero attached hydrogens (tertiary/aromatic N) is 6. The molecular formula is C104H76N6Y6-6. The van der Waals surface area contributed by atoms with Gasteiger partial charge in [0.25, 0.3) is 0 Å². The van der Waals surface area contributed by atoms with Gasteiger partial charge >= 0.3 is 0 Å². The van der Waals surface area contributed by atoms with E-state index in [2.05, 4.69) is 344 Å². The topological polar surface area (TPSA) is 84.6 Å². The molecule has 116 heavy (non-hydrogen) atoms. The first-order valence-electron chi connectivity index (χ1n) is 36.9. The molecule has 20 aromatic carbocycles. The van der Waals surface area contributed by atoms with Crippen molar-refractivity contribution >= 4 is 154 Å².